The number of hydrogen-bond donors (Lipinski definition) is 1. The van der Waals surface area contributed by atoms with Crippen molar-refractivity contribution in [1.82, 2.24) is 4.31 Å². The van der Waals surface area contributed by atoms with Crippen LogP contribution in [-0.2, 0) is 27.8 Å². The minimum atomic E-state index is -3.49. The lowest BCUT2D eigenvalue weighted by Gasteiger charge is -2.28. The summed E-state index contributed by atoms with van der Waals surface area (Å²) in [5.74, 6) is -0.544. The Balaban J connectivity index is 1.60. The molecule has 7 heteroatoms. The molecule has 0 radical (unpaired) electrons. The number of anilines is 1. The average molecular weight is 393 g/mol. The third-order valence-corrected chi connectivity index (χ3v) is 6.60. The van der Waals surface area contributed by atoms with Crippen molar-refractivity contribution in [1.29, 1.82) is 0 Å². The molecule has 0 aliphatic carbocycles. The Kier molecular flexibility index (Phi) is 5.65. The summed E-state index contributed by atoms with van der Waals surface area (Å²) < 4.78 is 26.7. The zero-order valence-corrected chi connectivity index (χ0v) is 16.1. The van der Waals surface area contributed by atoms with E-state index in [0.29, 0.717) is 30.2 Å². The standard InChI is InChI=1S/C19H21ClN2O3S/c1-14-6-7-17(20)12-18(14)21-19(23)9-11-26(24,25)22-10-8-15-4-2-3-5-16(15)13-22/h2-7,12H,8-11,13H2,1H3,(H,21,23). The summed E-state index contributed by atoms with van der Waals surface area (Å²) in [5, 5.41) is 3.25. The number of rotatable bonds is 5. The molecule has 3 rings (SSSR count). The van der Waals surface area contributed by atoms with E-state index < -0.39 is 10.0 Å². The van der Waals surface area contributed by atoms with E-state index in [2.05, 4.69) is 5.32 Å². The molecule has 0 fully saturated rings. The van der Waals surface area contributed by atoms with Crippen molar-refractivity contribution in [3.63, 3.8) is 0 Å². The number of carbonyl (C=O) groups is 1. The summed E-state index contributed by atoms with van der Waals surface area (Å²) in [5.41, 5.74) is 3.69. The predicted octanol–water partition coefficient (Wildman–Crippen LogP) is 3.37. The molecule has 138 valence electrons. The quantitative estimate of drug-likeness (QED) is 0.848. The van der Waals surface area contributed by atoms with Gasteiger partial charge in [0.15, 0.2) is 0 Å². The first kappa shape index (κ1) is 18.9. The Bertz CT molecular complexity index is 928. The molecule has 1 heterocycles. The van der Waals surface area contributed by atoms with E-state index in [9.17, 15) is 13.2 Å². The molecule has 1 N–H and O–H groups in total. The highest BCUT2D eigenvalue weighted by atomic mass is 35.5. The van der Waals surface area contributed by atoms with E-state index >= 15 is 0 Å². The molecule has 0 saturated heterocycles. The van der Waals surface area contributed by atoms with Crippen molar-refractivity contribution in [3.8, 4) is 0 Å². The lowest BCUT2D eigenvalue weighted by Crippen LogP contribution is -2.38. The maximum Gasteiger partial charge on any atom is 0.225 e. The Morgan fingerprint density at radius 3 is 2.69 bits per heavy atom. The molecule has 0 spiro atoms. The fraction of sp³-hybridized carbons (Fsp3) is 0.316. The molecule has 1 aliphatic rings. The van der Waals surface area contributed by atoms with Crippen LogP contribution < -0.4 is 5.32 Å². The SMILES string of the molecule is Cc1ccc(Cl)cc1NC(=O)CCS(=O)(=O)N1CCc2ccccc2C1. The highest BCUT2D eigenvalue weighted by Gasteiger charge is 2.27. The number of hydrogen-bond acceptors (Lipinski definition) is 3. The Labute approximate surface area is 159 Å². The first-order chi connectivity index (χ1) is 12.3. The summed E-state index contributed by atoms with van der Waals surface area (Å²) in [6.07, 6.45) is 0.607. The van der Waals surface area contributed by atoms with Gasteiger partial charge in [-0.05, 0) is 42.2 Å². The molecule has 1 amide bonds. The minimum absolute atomic E-state index is 0.0908. The molecule has 5 nitrogen and oxygen atoms in total. The molecule has 2 aromatic rings. The van der Waals surface area contributed by atoms with Gasteiger partial charge < -0.3 is 5.32 Å². The second kappa shape index (κ2) is 7.78. The highest BCUT2D eigenvalue weighted by Crippen LogP contribution is 2.22. The van der Waals surface area contributed by atoms with Gasteiger partial charge in [-0.2, -0.15) is 4.31 Å². The zero-order valence-electron chi connectivity index (χ0n) is 14.5. The highest BCUT2D eigenvalue weighted by molar-refractivity contribution is 7.89. The van der Waals surface area contributed by atoms with Gasteiger partial charge in [0.05, 0.1) is 5.75 Å². The van der Waals surface area contributed by atoms with Crippen LogP contribution in [0.5, 0.6) is 0 Å². The van der Waals surface area contributed by atoms with Crippen LogP contribution in [0.1, 0.15) is 23.1 Å². The van der Waals surface area contributed by atoms with Crippen LogP contribution >= 0.6 is 11.6 Å². The number of halogens is 1. The average Bonchev–Trinajstić information content (AvgIpc) is 2.63. The molecule has 1 aliphatic heterocycles. The van der Waals surface area contributed by atoms with E-state index in [4.69, 9.17) is 11.6 Å². The monoisotopic (exact) mass is 392 g/mol. The lowest BCUT2D eigenvalue weighted by molar-refractivity contribution is -0.115. The number of fused-ring (bicyclic) bond motifs is 1. The largest absolute Gasteiger partial charge is 0.326 e. The molecule has 0 aromatic heterocycles. The van der Waals surface area contributed by atoms with Crippen LogP contribution in [0.4, 0.5) is 5.69 Å². The Morgan fingerprint density at radius 2 is 1.92 bits per heavy atom. The Morgan fingerprint density at radius 1 is 1.19 bits per heavy atom. The second-order valence-corrected chi connectivity index (χ2v) is 8.95. The third kappa shape index (κ3) is 4.44. The number of aryl methyl sites for hydroxylation is 1. The van der Waals surface area contributed by atoms with Crippen molar-refractivity contribution in [2.24, 2.45) is 0 Å². The molecule has 2 aromatic carbocycles. The van der Waals surface area contributed by atoms with E-state index in [1.807, 2.05) is 31.2 Å². The van der Waals surface area contributed by atoms with E-state index in [0.717, 1.165) is 11.1 Å². The Hall–Kier alpha value is -1.89. The topological polar surface area (TPSA) is 66.5 Å². The van der Waals surface area contributed by atoms with Gasteiger partial charge in [0, 0.05) is 30.2 Å². The molecule has 0 bridgehead atoms. The molecule has 0 saturated carbocycles. The van der Waals surface area contributed by atoms with Crippen molar-refractivity contribution in [2.45, 2.75) is 26.3 Å². The second-order valence-electron chi connectivity index (χ2n) is 6.43. The van der Waals surface area contributed by atoms with Crippen molar-refractivity contribution in [3.05, 3.63) is 64.2 Å². The normalized spacial score (nSPS) is 14.7. The molecular weight excluding hydrogens is 372 g/mol. The predicted molar refractivity (Wildman–Crippen MR) is 104 cm³/mol. The molecule has 26 heavy (non-hydrogen) atoms. The van der Waals surface area contributed by atoms with Gasteiger partial charge in [-0.25, -0.2) is 8.42 Å². The summed E-state index contributed by atoms with van der Waals surface area (Å²) in [7, 11) is -3.49. The van der Waals surface area contributed by atoms with Crippen LogP contribution in [0.2, 0.25) is 5.02 Å². The lowest BCUT2D eigenvalue weighted by atomic mass is 10.0. The molecular formula is C19H21ClN2O3S. The van der Waals surface area contributed by atoms with Gasteiger partial charge in [-0.15, -0.1) is 0 Å². The number of sulfonamides is 1. The van der Waals surface area contributed by atoms with Gasteiger partial charge in [-0.1, -0.05) is 41.9 Å². The summed E-state index contributed by atoms with van der Waals surface area (Å²) in [6, 6.07) is 13.1. The fourth-order valence-corrected chi connectivity index (χ4v) is 4.58. The van der Waals surface area contributed by atoms with Crippen LogP contribution in [0.15, 0.2) is 42.5 Å². The maximum absolute atomic E-state index is 12.6. The minimum Gasteiger partial charge on any atom is -0.326 e. The van der Waals surface area contributed by atoms with Crippen LogP contribution in [0.25, 0.3) is 0 Å². The number of nitrogens with one attached hydrogen (secondary N) is 1. The van der Waals surface area contributed by atoms with Gasteiger partial charge in [0.25, 0.3) is 0 Å². The summed E-state index contributed by atoms with van der Waals surface area (Å²) in [6.45, 7) is 2.68. The smallest absolute Gasteiger partial charge is 0.225 e. The van der Waals surface area contributed by atoms with Crippen molar-refractivity contribution >= 4 is 33.2 Å². The number of amides is 1. The zero-order chi connectivity index (χ0) is 18.7. The molecule has 0 unspecified atom stereocenters. The summed E-state index contributed by atoms with van der Waals surface area (Å²) >= 11 is 5.94. The van der Waals surface area contributed by atoms with Gasteiger partial charge in [0.2, 0.25) is 15.9 Å². The van der Waals surface area contributed by atoms with Crippen LogP contribution in [-0.4, -0.2) is 30.9 Å². The van der Waals surface area contributed by atoms with Crippen LogP contribution in [0, 0.1) is 6.92 Å². The van der Waals surface area contributed by atoms with Gasteiger partial charge >= 0.3 is 0 Å². The van der Waals surface area contributed by atoms with E-state index in [-0.39, 0.29) is 18.1 Å². The van der Waals surface area contributed by atoms with E-state index in [1.165, 1.54) is 9.87 Å². The number of nitrogens with zero attached hydrogens (tertiary/aromatic N) is 1. The number of benzene rings is 2. The first-order valence-electron chi connectivity index (χ1n) is 8.46. The fourth-order valence-electron chi connectivity index (χ4n) is 3.00. The number of carbonyl (C=O) groups excluding carboxylic acids is 1. The van der Waals surface area contributed by atoms with E-state index in [1.54, 1.807) is 18.2 Å². The van der Waals surface area contributed by atoms with Gasteiger partial charge in [-0.3, -0.25) is 4.79 Å². The van der Waals surface area contributed by atoms with Crippen molar-refractivity contribution in [2.75, 3.05) is 17.6 Å². The molecule has 0 atom stereocenters. The first-order valence-corrected chi connectivity index (χ1v) is 10.4. The van der Waals surface area contributed by atoms with Crippen LogP contribution in [0.3, 0.4) is 0 Å². The summed E-state index contributed by atoms with van der Waals surface area (Å²) in [4.78, 5) is 12.2. The van der Waals surface area contributed by atoms with Crippen molar-refractivity contribution < 1.29 is 13.2 Å². The van der Waals surface area contributed by atoms with Gasteiger partial charge in [0.1, 0.15) is 0 Å². The maximum atomic E-state index is 12.6. The third-order valence-electron chi connectivity index (χ3n) is 4.55.